The first kappa shape index (κ1) is 15.9. The summed E-state index contributed by atoms with van der Waals surface area (Å²) in [4.78, 5) is 20.2. The number of rotatable bonds is 5. The van der Waals surface area contributed by atoms with E-state index in [-0.39, 0.29) is 18.1 Å². The molecule has 2 aromatic heterocycles. The van der Waals surface area contributed by atoms with Crippen LogP contribution in [0.4, 0.5) is 0 Å². The van der Waals surface area contributed by atoms with Crippen LogP contribution in [0.1, 0.15) is 16.3 Å². The van der Waals surface area contributed by atoms with Crippen LogP contribution in [0.15, 0.2) is 47.1 Å². The molecule has 2 heterocycles. The van der Waals surface area contributed by atoms with Gasteiger partial charge in [-0.15, -0.1) is 0 Å². The SMILES string of the molecule is COc1ccc(-c2nc(CNC(=O)c3cc(Cl)ccn3)no2)cc1. The van der Waals surface area contributed by atoms with Crippen molar-refractivity contribution >= 4 is 17.5 Å². The molecule has 24 heavy (non-hydrogen) atoms. The molecule has 3 rings (SSSR count). The lowest BCUT2D eigenvalue weighted by Crippen LogP contribution is -2.24. The fraction of sp³-hybridized carbons (Fsp3) is 0.125. The van der Waals surface area contributed by atoms with Gasteiger partial charge >= 0.3 is 0 Å². The van der Waals surface area contributed by atoms with Crippen molar-refractivity contribution in [1.29, 1.82) is 0 Å². The number of carbonyl (C=O) groups is 1. The van der Waals surface area contributed by atoms with Crippen LogP contribution in [-0.2, 0) is 6.54 Å². The summed E-state index contributed by atoms with van der Waals surface area (Å²) in [7, 11) is 1.59. The van der Waals surface area contributed by atoms with E-state index in [4.69, 9.17) is 20.9 Å². The van der Waals surface area contributed by atoms with Gasteiger partial charge in [0.05, 0.1) is 13.7 Å². The Bertz CT molecular complexity index is 849. The number of nitrogens with zero attached hydrogens (tertiary/aromatic N) is 3. The number of benzene rings is 1. The summed E-state index contributed by atoms with van der Waals surface area (Å²) < 4.78 is 10.3. The first-order valence-electron chi connectivity index (χ1n) is 7.02. The molecule has 0 aliphatic heterocycles. The maximum atomic E-state index is 12.0. The van der Waals surface area contributed by atoms with Crippen LogP contribution in [0.3, 0.4) is 0 Å². The van der Waals surface area contributed by atoms with Gasteiger partial charge in [-0.25, -0.2) is 0 Å². The molecule has 8 heteroatoms. The third kappa shape index (κ3) is 3.69. The van der Waals surface area contributed by atoms with E-state index < -0.39 is 0 Å². The second kappa shape index (κ2) is 7.10. The van der Waals surface area contributed by atoms with Crippen LogP contribution >= 0.6 is 11.6 Å². The van der Waals surface area contributed by atoms with Crippen molar-refractivity contribution in [1.82, 2.24) is 20.4 Å². The minimum absolute atomic E-state index is 0.118. The third-order valence-corrected chi connectivity index (χ3v) is 3.40. The normalized spacial score (nSPS) is 10.4. The lowest BCUT2D eigenvalue weighted by molar-refractivity contribution is 0.0944. The van der Waals surface area contributed by atoms with E-state index in [9.17, 15) is 4.79 Å². The highest BCUT2D eigenvalue weighted by atomic mass is 35.5. The van der Waals surface area contributed by atoms with Crippen LogP contribution in [0.2, 0.25) is 5.02 Å². The molecular formula is C16H13ClN4O3. The van der Waals surface area contributed by atoms with E-state index >= 15 is 0 Å². The van der Waals surface area contributed by atoms with E-state index in [2.05, 4.69) is 20.4 Å². The first-order valence-corrected chi connectivity index (χ1v) is 7.40. The smallest absolute Gasteiger partial charge is 0.270 e. The highest BCUT2D eigenvalue weighted by Crippen LogP contribution is 2.20. The number of methoxy groups -OCH3 is 1. The maximum absolute atomic E-state index is 12.0. The number of nitrogens with one attached hydrogen (secondary N) is 1. The molecule has 1 amide bonds. The summed E-state index contributed by atoms with van der Waals surface area (Å²) in [6.45, 7) is 0.118. The zero-order valence-corrected chi connectivity index (χ0v) is 13.4. The van der Waals surface area contributed by atoms with Gasteiger partial charge in [0.25, 0.3) is 11.8 Å². The summed E-state index contributed by atoms with van der Waals surface area (Å²) in [5.74, 6) is 1.09. The molecule has 0 aliphatic rings. The molecule has 0 aliphatic carbocycles. The van der Waals surface area contributed by atoms with Crippen molar-refractivity contribution in [3.8, 4) is 17.2 Å². The summed E-state index contributed by atoms with van der Waals surface area (Å²) in [6, 6.07) is 10.3. The average Bonchev–Trinajstić information content (AvgIpc) is 3.09. The van der Waals surface area contributed by atoms with Crippen molar-refractivity contribution in [2.24, 2.45) is 0 Å². The van der Waals surface area contributed by atoms with Crippen molar-refractivity contribution in [2.45, 2.75) is 6.54 Å². The highest BCUT2D eigenvalue weighted by Gasteiger charge is 2.12. The van der Waals surface area contributed by atoms with Crippen molar-refractivity contribution in [3.05, 3.63) is 59.1 Å². The van der Waals surface area contributed by atoms with E-state index in [1.807, 2.05) is 12.1 Å². The Hall–Kier alpha value is -2.93. The van der Waals surface area contributed by atoms with E-state index in [1.165, 1.54) is 12.3 Å². The number of hydrogen-bond acceptors (Lipinski definition) is 6. The number of pyridine rings is 1. The number of hydrogen-bond donors (Lipinski definition) is 1. The lowest BCUT2D eigenvalue weighted by atomic mass is 10.2. The van der Waals surface area contributed by atoms with Gasteiger partial charge in [-0.2, -0.15) is 4.98 Å². The quantitative estimate of drug-likeness (QED) is 0.765. The molecule has 1 aromatic carbocycles. The predicted octanol–water partition coefficient (Wildman–Crippen LogP) is 2.72. The predicted molar refractivity (Wildman–Crippen MR) is 86.7 cm³/mol. The Morgan fingerprint density at radius 3 is 2.79 bits per heavy atom. The minimum Gasteiger partial charge on any atom is -0.497 e. The Balaban J connectivity index is 1.64. The fourth-order valence-corrected chi connectivity index (χ4v) is 2.12. The van der Waals surface area contributed by atoms with Crippen molar-refractivity contribution in [3.63, 3.8) is 0 Å². The molecule has 0 bridgehead atoms. The van der Waals surface area contributed by atoms with E-state index in [0.717, 1.165) is 11.3 Å². The Labute approximate surface area is 142 Å². The fourth-order valence-electron chi connectivity index (χ4n) is 1.96. The number of ether oxygens (including phenoxy) is 1. The van der Waals surface area contributed by atoms with Crippen LogP contribution in [0.5, 0.6) is 5.75 Å². The van der Waals surface area contributed by atoms with Crippen molar-refractivity contribution < 1.29 is 14.1 Å². The molecule has 0 unspecified atom stereocenters. The monoisotopic (exact) mass is 344 g/mol. The number of halogens is 1. The number of aromatic nitrogens is 3. The molecule has 0 fully saturated rings. The van der Waals surface area contributed by atoms with Gasteiger partial charge in [0.15, 0.2) is 5.82 Å². The third-order valence-electron chi connectivity index (χ3n) is 3.17. The topological polar surface area (TPSA) is 90.1 Å². The van der Waals surface area contributed by atoms with Gasteiger partial charge in [-0.3, -0.25) is 9.78 Å². The molecule has 1 N–H and O–H groups in total. The molecule has 0 spiro atoms. The Morgan fingerprint density at radius 2 is 2.08 bits per heavy atom. The van der Waals surface area contributed by atoms with Gasteiger partial charge in [-0.05, 0) is 36.4 Å². The minimum atomic E-state index is -0.367. The molecule has 0 saturated heterocycles. The van der Waals surface area contributed by atoms with E-state index in [1.54, 1.807) is 25.3 Å². The molecule has 3 aromatic rings. The van der Waals surface area contributed by atoms with Gasteiger partial charge < -0.3 is 14.6 Å². The summed E-state index contributed by atoms with van der Waals surface area (Å²) in [5.41, 5.74) is 0.985. The standard InChI is InChI=1S/C16H13ClN4O3/c1-23-12-4-2-10(3-5-12)16-20-14(21-24-16)9-19-15(22)13-8-11(17)6-7-18-13/h2-8H,9H2,1H3,(H,19,22). The molecule has 122 valence electrons. The van der Waals surface area contributed by atoms with Gasteiger partial charge in [-0.1, -0.05) is 16.8 Å². The largest absolute Gasteiger partial charge is 0.497 e. The summed E-state index contributed by atoms with van der Waals surface area (Å²) in [6.07, 6.45) is 1.47. The zero-order valence-electron chi connectivity index (χ0n) is 12.7. The van der Waals surface area contributed by atoms with E-state index in [0.29, 0.717) is 16.7 Å². The summed E-state index contributed by atoms with van der Waals surface area (Å²) in [5, 5.41) is 6.94. The Kier molecular flexibility index (Phi) is 4.72. The Morgan fingerprint density at radius 1 is 1.29 bits per heavy atom. The highest BCUT2D eigenvalue weighted by molar-refractivity contribution is 6.30. The van der Waals surface area contributed by atoms with Gasteiger partial charge in [0, 0.05) is 16.8 Å². The number of amides is 1. The maximum Gasteiger partial charge on any atom is 0.270 e. The van der Waals surface area contributed by atoms with Crippen LogP contribution in [-0.4, -0.2) is 28.1 Å². The average molecular weight is 345 g/mol. The second-order valence-corrected chi connectivity index (χ2v) is 5.22. The van der Waals surface area contributed by atoms with Crippen LogP contribution in [0.25, 0.3) is 11.5 Å². The molecular weight excluding hydrogens is 332 g/mol. The van der Waals surface area contributed by atoms with Crippen molar-refractivity contribution in [2.75, 3.05) is 7.11 Å². The molecule has 7 nitrogen and oxygen atoms in total. The zero-order chi connectivity index (χ0) is 16.9. The van der Waals surface area contributed by atoms with Gasteiger partial charge in [0.1, 0.15) is 11.4 Å². The van der Waals surface area contributed by atoms with Gasteiger partial charge in [0.2, 0.25) is 0 Å². The van der Waals surface area contributed by atoms with Crippen LogP contribution in [0, 0.1) is 0 Å². The molecule has 0 atom stereocenters. The second-order valence-electron chi connectivity index (χ2n) is 4.79. The molecule has 0 radical (unpaired) electrons. The van der Waals surface area contributed by atoms with Crippen LogP contribution < -0.4 is 10.1 Å². The molecule has 0 saturated carbocycles. The lowest BCUT2D eigenvalue weighted by Gasteiger charge is -2.01. The first-order chi connectivity index (χ1) is 11.7. The number of carbonyl (C=O) groups excluding carboxylic acids is 1. The summed E-state index contributed by atoms with van der Waals surface area (Å²) >= 11 is 5.83.